The molecular formula is C15H12BrFN2O2. The van der Waals surface area contributed by atoms with Gasteiger partial charge in [-0.1, -0.05) is 40.2 Å². The Labute approximate surface area is 129 Å². The van der Waals surface area contributed by atoms with E-state index in [9.17, 15) is 9.18 Å². The van der Waals surface area contributed by atoms with Crippen LogP contribution in [0.4, 0.5) is 4.39 Å². The zero-order valence-electron chi connectivity index (χ0n) is 10.9. The molecule has 0 saturated heterocycles. The minimum absolute atomic E-state index is 0.239. The third-order valence-electron chi connectivity index (χ3n) is 2.46. The molecule has 2 aromatic rings. The Bertz CT molecular complexity index is 662. The highest BCUT2D eigenvalue weighted by Crippen LogP contribution is 2.13. The molecule has 0 aliphatic heterocycles. The first-order valence-electron chi connectivity index (χ1n) is 6.10. The van der Waals surface area contributed by atoms with E-state index in [1.807, 2.05) is 24.3 Å². The third-order valence-corrected chi connectivity index (χ3v) is 3.19. The number of hydrogen-bond donors (Lipinski definition) is 1. The van der Waals surface area contributed by atoms with Gasteiger partial charge in [-0.25, -0.2) is 9.82 Å². The molecule has 0 fully saturated rings. The highest BCUT2D eigenvalue weighted by atomic mass is 79.9. The second kappa shape index (κ2) is 7.54. The summed E-state index contributed by atoms with van der Waals surface area (Å²) in [4.78, 5) is 11.5. The van der Waals surface area contributed by atoms with Crippen LogP contribution < -0.4 is 10.2 Å². The van der Waals surface area contributed by atoms with Gasteiger partial charge < -0.3 is 4.74 Å². The minimum atomic E-state index is -0.428. The van der Waals surface area contributed by atoms with E-state index in [4.69, 9.17) is 4.74 Å². The number of rotatable bonds is 5. The minimum Gasteiger partial charge on any atom is -0.484 e. The van der Waals surface area contributed by atoms with Crippen molar-refractivity contribution in [2.75, 3.05) is 6.61 Å². The predicted octanol–water partition coefficient (Wildman–Crippen LogP) is 3.12. The first-order valence-corrected chi connectivity index (χ1v) is 6.89. The Balaban J connectivity index is 1.81. The Morgan fingerprint density at radius 1 is 1.29 bits per heavy atom. The maximum Gasteiger partial charge on any atom is 0.277 e. The summed E-state index contributed by atoms with van der Waals surface area (Å²) < 4.78 is 18.9. The molecule has 21 heavy (non-hydrogen) atoms. The molecule has 0 bridgehead atoms. The summed E-state index contributed by atoms with van der Waals surface area (Å²) in [6.07, 6.45) is 1.52. The monoisotopic (exact) mass is 350 g/mol. The van der Waals surface area contributed by atoms with Crippen LogP contribution in [0.5, 0.6) is 5.75 Å². The molecule has 6 heteroatoms. The zero-order valence-corrected chi connectivity index (χ0v) is 12.5. The summed E-state index contributed by atoms with van der Waals surface area (Å²) in [6.45, 7) is -0.239. The highest BCUT2D eigenvalue weighted by molar-refractivity contribution is 9.10. The molecule has 0 saturated carbocycles. The van der Waals surface area contributed by atoms with Crippen LogP contribution in [0.15, 0.2) is 58.1 Å². The first kappa shape index (κ1) is 15.2. The van der Waals surface area contributed by atoms with Gasteiger partial charge in [0.25, 0.3) is 5.91 Å². The maximum atomic E-state index is 12.9. The van der Waals surface area contributed by atoms with Gasteiger partial charge in [0.1, 0.15) is 11.6 Å². The van der Waals surface area contributed by atoms with E-state index in [1.165, 1.54) is 24.4 Å². The molecule has 0 aliphatic rings. The van der Waals surface area contributed by atoms with Gasteiger partial charge in [0.05, 0.1) is 6.21 Å². The molecule has 2 aromatic carbocycles. The normalized spacial score (nSPS) is 10.6. The number of hydrazone groups is 1. The van der Waals surface area contributed by atoms with Gasteiger partial charge in [-0.15, -0.1) is 0 Å². The molecule has 4 nitrogen and oxygen atoms in total. The van der Waals surface area contributed by atoms with Crippen LogP contribution in [0.3, 0.4) is 0 Å². The van der Waals surface area contributed by atoms with Gasteiger partial charge in [0.15, 0.2) is 6.61 Å². The Hall–Kier alpha value is -2.21. The van der Waals surface area contributed by atoms with Crippen LogP contribution in [0.2, 0.25) is 0 Å². The van der Waals surface area contributed by atoms with Crippen molar-refractivity contribution in [2.24, 2.45) is 5.10 Å². The molecule has 0 atom stereocenters. The number of benzene rings is 2. The van der Waals surface area contributed by atoms with E-state index >= 15 is 0 Å². The molecule has 0 unspecified atom stereocenters. The smallest absolute Gasteiger partial charge is 0.277 e. The van der Waals surface area contributed by atoms with Crippen molar-refractivity contribution in [1.82, 2.24) is 5.43 Å². The van der Waals surface area contributed by atoms with Crippen molar-refractivity contribution >= 4 is 28.1 Å². The van der Waals surface area contributed by atoms with E-state index < -0.39 is 11.7 Å². The summed E-state index contributed by atoms with van der Waals surface area (Å²) in [5.74, 6) is -0.553. The fourth-order valence-corrected chi connectivity index (χ4v) is 1.88. The molecule has 1 amide bonds. The molecular weight excluding hydrogens is 339 g/mol. The van der Waals surface area contributed by atoms with E-state index in [0.29, 0.717) is 5.75 Å². The van der Waals surface area contributed by atoms with E-state index in [0.717, 1.165) is 10.0 Å². The van der Waals surface area contributed by atoms with Crippen molar-refractivity contribution in [3.05, 3.63) is 64.4 Å². The lowest BCUT2D eigenvalue weighted by molar-refractivity contribution is -0.123. The summed E-state index contributed by atoms with van der Waals surface area (Å²) in [5, 5.41) is 3.82. The number of nitrogens with zero attached hydrogens (tertiary/aromatic N) is 1. The van der Waals surface area contributed by atoms with Gasteiger partial charge in [-0.2, -0.15) is 5.10 Å². The summed E-state index contributed by atoms with van der Waals surface area (Å²) >= 11 is 3.37. The SMILES string of the molecule is O=C(COc1cccc(F)c1)N/N=C\c1ccccc1Br. The van der Waals surface area contributed by atoms with Gasteiger partial charge in [-0.3, -0.25) is 4.79 Å². The van der Waals surface area contributed by atoms with Crippen molar-refractivity contribution in [2.45, 2.75) is 0 Å². The van der Waals surface area contributed by atoms with E-state index in [2.05, 4.69) is 26.5 Å². The standard InChI is InChI=1S/C15H12BrFN2O2/c16-14-7-2-1-4-11(14)9-18-19-15(20)10-21-13-6-3-5-12(17)8-13/h1-9H,10H2,(H,19,20)/b18-9-. The van der Waals surface area contributed by atoms with Crippen molar-refractivity contribution in [3.8, 4) is 5.75 Å². The average Bonchev–Trinajstić information content (AvgIpc) is 2.47. The molecule has 0 spiro atoms. The molecule has 0 radical (unpaired) electrons. The Kier molecular flexibility index (Phi) is 5.45. The van der Waals surface area contributed by atoms with E-state index in [-0.39, 0.29) is 6.61 Å². The van der Waals surface area contributed by atoms with Gasteiger partial charge >= 0.3 is 0 Å². The van der Waals surface area contributed by atoms with Crippen LogP contribution >= 0.6 is 15.9 Å². The van der Waals surface area contributed by atoms with Crippen molar-refractivity contribution in [1.29, 1.82) is 0 Å². The van der Waals surface area contributed by atoms with Crippen LogP contribution in [0.1, 0.15) is 5.56 Å². The lowest BCUT2D eigenvalue weighted by atomic mass is 10.2. The van der Waals surface area contributed by atoms with Crippen LogP contribution in [-0.2, 0) is 4.79 Å². The number of nitrogens with one attached hydrogen (secondary N) is 1. The summed E-state index contributed by atoms with van der Waals surface area (Å²) in [6, 6.07) is 13.0. The van der Waals surface area contributed by atoms with E-state index in [1.54, 1.807) is 6.07 Å². The number of carbonyl (C=O) groups is 1. The quantitative estimate of drug-likeness (QED) is 0.665. The van der Waals surface area contributed by atoms with Crippen molar-refractivity contribution < 1.29 is 13.9 Å². The topological polar surface area (TPSA) is 50.7 Å². The second-order valence-electron chi connectivity index (χ2n) is 4.06. The number of hydrogen-bond acceptors (Lipinski definition) is 3. The molecule has 2 rings (SSSR count). The predicted molar refractivity (Wildman–Crippen MR) is 81.8 cm³/mol. The maximum absolute atomic E-state index is 12.9. The zero-order chi connectivity index (χ0) is 15.1. The number of ether oxygens (including phenoxy) is 1. The lowest BCUT2D eigenvalue weighted by Crippen LogP contribution is -2.24. The Morgan fingerprint density at radius 3 is 2.86 bits per heavy atom. The fourth-order valence-electron chi connectivity index (χ4n) is 1.49. The largest absolute Gasteiger partial charge is 0.484 e. The molecule has 0 aromatic heterocycles. The molecule has 0 heterocycles. The molecule has 1 N–H and O–H groups in total. The van der Waals surface area contributed by atoms with Crippen LogP contribution in [0.25, 0.3) is 0 Å². The second-order valence-corrected chi connectivity index (χ2v) is 4.92. The van der Waals surface area contributed by atoms with Gasteiger partial charge in [0.2, 0.25) is 0 Å². The van der Waals surface area contributed by atoms with Crippen LogP contribution in [-0.4, -0.2) is 18.7 Å². The van der Waals surface area contributed by atoms with Gasteiger partial charge in [-0.05, 0) is 18.2 Å². The average molecular weight is 351 g/mol. The first-order chi connectivity index (χ1) is 10.1. The number of carbonyl (C=O) groups excluding carboxylic acids is 1. The van der Waals surface area contributed by atoms with Crippen LogP contribution in [0, 0.1) is 5.82 Å². The lowest BCUT2D eigenvalue weighted by Gasteiger charge is -2.04. The fraction of sp³-hybridized carbons (Fsp3) is 0.0667. The molecule has 0 aliphatic carbocycles. The Morgan fingerprint density at radius 2 is 2.10 bits per heavy atom. The highest BCUT2D eigenvalue weighted by Gasteiger charge is 2.02. The van der Waals surface area contributed by atoms with Crippen molar-refractivity contribution in [3.63, 3.8) is 0 Å². The number of amides is 1. The third kappa shape index (κ3) is 5.00. The number of halogens is 2. The molecule has 108 valence electrons. The summed E-state index contributed by atoms with van der Waals surface area (Å²) in [5.41, 5.74) is 3.17. The summed E-state index contributed by atoms with van der Waals surface area (Å²) in [7, 11) is 0. The van der Waals surface area contributed by atoms with Gasteiger partial charge in [0, 0.05) is 16.1 Å².